The maximum absolute atomic E-state index is 12.1. The molecule has 0 radical (unpaired) electrons. The highest BCUT2D eigenvalue weighted by atomic mass is 16.6. The second-order valence-corrected chi connectivity index (χ2v) is 6.19. The van der Waals surface area contributed by atoms with Crippen LogP contribution in [0.4, 0.5) is 5.69 Å². The monoisotopic (exact) mass is 356 g/mol. The number of methoxy groups -OCH3 is 1. The van der Waals surface area contributed by atoms with Crippen molar-refractivity contribution in [2.24, 2.45) is 0 Å². The van der Waals surface area contributed by atoms with Gasteiger partial charge in [0, 0.05) is 18.7 Å². The van der Waals surface area contributed by atoms with Crippen LogP contribution in [0.2, 0.25) is 0 Å². The lowest BCUT2D eigenvalue weighted by atomic mass is 10.2. The molecule has 0 spiro atoms. The lowest BCUT2D eigenvalue weighted by Gasteiger charge is -2.32. The number of rotatable bonds is 7. The van der Waals surface area contributed by atoms with Crippen LogP contribution in [0.25, 0.3) is 0 Å². The predicted molar refractivity (Wildman–Crippen MR) is 99.8 cm³/mol. The highest BCUT2D eigenvalue weighted by Crippen LogP contribution is 2.31. The molecule has 2 aromatic rings. The molecule has 0 saturated carbocycles. The van der Waals surface area contributed by atoms with Crippen LogP contribution < -0.4 is 19.5 Å². The molecule has 6 heteroatoms. The molecule has 0 saturated heterocycles. The van der Waals surface area contributed by atoms with Gasteiger partial charge >= 0.3 is 0 Å². The minimum absolute atomic E-state index is 0.00488. The zero-order valence-electron chi connectivity index (χ0n) is 15.1. The Morgan fingerprint density at radius 1 is 1.19 bits per heavy atom. The maximum atomic E-state index is 12.1. The summed E-state index contributed by atoms with van der Waals surface area (Å²) < 4.78 is 16.8. The molecule has 26 heavy (non-hydrogen) atoms. The van der Waals surface area contributed by atoms with Crippen LogP contribution >= 0.6 is 0 Å². The Kier molecular flexibility index (Phi) is 5.96. The number of amides is 1. The van der Waals surface area contributed by atoms with Gasteiger partial charge in [0.15, 0.2) is 17.7 Å². The summed E-state index contributed by atoms with van der Waals surface area (Å²) >= 11 is 0. The Hall–Kier alpha value is -2.73. The van der Waals surface area contributed by atoms with E-state index in [4.69, 9.17) is 14.2 Å². The minimum Gasteiger partial charge on any atom is -0.497 e. The zero-order chi connectivity index (χ0) is 18.4. The molecule has 1 N–H and O–H groups in total. The quantitative estimate of drug-likeness (QED) is 0.826. The van der Waals surface area contributed by atoms with Crippen molar-refractivity contribution in [3.05, 3.63) is 48.5 Å². The van der Waals surface area contributed by atoms with Gasteiger partial charge in [0.2, 0.25) is 5.91 Å². The second kappa shape index (κ2) is 8.58. The second-order valence-electron chi connectivity index (χ2n) is 6.19. The molecule has 0 aromatic heterocycles. The standard InChI is InChI=1S/C20H24N2O4/c1-22(20-14-25-17-6-3-4-7-18(17)26-20)13-5-8-19(23)21-15-9-11-16(24-2)12-10-15/h3-4,6-7,9-12,20H,5,8,13-14H2,1-2H3,(H,21,23). The number of benzene rings is 2. The summed E-state index contributed by atoms with van der Waals surface area (Å²) in [5, 5.41) is 2.89. The van der Waals surface area contributed by atoms with Crippen LogP contribution in [-0.2, 0) is 4.79 Å². The van der Waals surface area contributed by atoms with E-state index in [0.717, 1.165) is 35.9 Å². The number of para-hydroxylation sites is 2. The van der Waals surface area contributed by atoms with Crippen LogP contribution in [-0.4, -0.2) is 44.3 Å². The molecule has 1 unspecified atom stereocenters. The van der Waals surface area contributed by atoms with Crippen molar-refractivity contribution in [1.82, 2.24) is 4.90 Å². The van der Waals surface area contributed by atoms with Crippen molar-refractivity contribution in [2.75, 3.05) is 32.6 Å². The summed E-state index contributed by atoms with van der Waals surface area (Å²) in [6, 6.07) is 14.9. The molecule has 6 nitrogen and oxygen atoms in total. The number of nitrogens with zero attached hydrogens (tertiary/aromatic N) is 1. The van der Waals surface area contributed by atoms with Gasteiger partial charge in [-0.3, -0.25) is 9.69 Å². The van der Waals surface area contributed by atoms with Crippen molar-refractivity contribution in [3.8, 4) is 17.2 Å². The average Bonchev–Trinajstić information content (AvgIpc) is 2.68. The molecule has 2 aromatic carbocycles. The number of hydrogen-bond acceptors (Lipinski definition) is 5. The van der Waals surface area contributed by atoms with Gasteiger partial charge in [0.25, 0.3) is 0 Å². The summed E-state index contributed by atoms with van der Waals surface area (Å²) in [5.41, 5.74) is 0.768. The molecular weight excluding hydrogens is 332 g/mol. The van der Waals surface area contributed by atoms with Gasteiger partial charge < -0.3 is 19.5 Å². The highest BCUT2D eigenvalue weighted by Gasteiger charge is 2.23. The van der Waals surface area contributed by atoms with E-state index in [1.54, 1.807) is 7.11 Å². The number of carbonyl (C=O) groups is 1. The molecular formula is C20H24N2O4. The zero-order valence-corrected chi connectivity index (χ0v) is 15.1. The van der Waals surface area contributed by atoms with Gasteiger partial charge in [-0.2, -0.15) is 0 Å². The van der Waals surface area contributed by atoms with E-state index in [1.165, 1.54) is 0 Å². The highest BCUT2D eigenvalue weighted by molar-refractivity contribution is 5.90. The van der Waals surface area contributed by atoms with Gasteiger partial charge in [-0.25, -0.2) is 0 Å². The lowest BCUT2D eigenvalue weighted by Crippen LogP contribution is -2.43. The Bertz CT molecular complexity index is 733. The predicted octanol–water partition coefficient (Wildman–Crippen LogP) is 3.14. The van der Waals surface area contributed by atoms with E-state index in [9.17, 15) is 4.79 Å². The van der Waals surface area contributed by atoms with Gasteiger partial charge in [-0.15, -0.1) is 0 Å². The fourth-order valence-corrected chi connectivity index (χ4v) is 2.76. The Labute approximate surface area is 153 Å². The van der Waals surface area contributed by atoms with Crippen LogP contribution in [0.1, 0.15) is 12.8 Å². The molecule has 0 bridgehead atoms. The number of ether oxygens (including phenoxy) is 3. The number of nitrogens with one attached hydrogen (secondary N) is 1. The molecule has 1 amide bonds. The number of hydrogen-bond donors (Lipinski definition) is 1. The smallest absolute Gasteiger partial charge is 0.224 e. The number of likely N-dealkylation sites (N-methyl/N-ethyl adjacent to an activating group) is 1. The molecule has 1 atom stereocenters. The number of anilines is 1. The van der Waals surface area contributed by atoms with Gasteiger partial charge in [0.05, 0.1) is 7.11 Å². The summed E-state index contributed by atoms with van der Waals surface area (Å²) in [5.74, 6) is 2.29. The van der Waals surface area contributed by atoms with Crippen LogP contribution in [0.15, 0.2) is 48.5 Å². The third-order valence-electron chi connectivity index (χ3n) is 4.27. The molecule has 138 valence electrons. The summed E-state index contributed by atoms with van der Waals surface area (Å²) in [6.45, 7) is 1.22. The van der Waals surface area contributed by atoms with Crippen LogP contribution in [0.3, 0.4) is 0 Å². The molecule has 3 rings (SSSR count). The van der Waals surface area contributed by atoms with Crippen molar-refractivity contribution >= 4 is 11.6 Å². The molecule has 1 aliphatic rings. The first-order chi connectivity index (χ1) is 12.7. The molecule has 1 aliphatic heterocycles. The van der Waals surface area contributed by atoms with E-state index >= 15 is 0 Å². The third kappa shape index (κ3) is 4.67. The van der Waals surface area contributed by atoms with E-state index in [1.807, 2.05) is 55.6 Å². The Morgan fingerprint density at radius 3 is 2.65 bits per heavy atom. The molecule has 0 fully saturated rings. The SMILES string of the molecule is COc1ccc(NC(=O)CCCN(C)C2COc3ccccc3O2)cc1. The first kappa shape index (κ1) is 18.1. The summed E-state index contributed by atoms with van der Waals surface area (Å²) in [6.07, 6.45) is 1.04. The van der Waals surface area contributed by atoms with E-state index in [2.05, 4.69) is 10.2 Å². The first-order valence-electron chi connectivity index (χ1n) is 8.68. The summed E-state index contributed by atoms with van der Waals surface area (Å²) in [7, 11) is 3.59. The van der Waals surface area contributed by atoms with E-state index in [0.29, 0.717) is 13.0 Å². The third-order valence-corrected chi connectivity index (χ3v) is 4.27. The molecule has 0 aliphatic carbocycles. The lowest BCUT2D eigenvalue weighted by molar-refractivity contribution is -0.116. The van der Waals surface area contributed by atoms with E-state index < -0.39 is 0 Å². The fraction of sp³-hybridized carbons (Fsp3) is 0.350. The van der Waals surface area contributed by atoms with Gasteiger partial charge in [0.1, 0.15) is 12.4 Å². The van der Waals surface area contributed by atoms with Crippen molar-refractivity contribution in [1.29, 1.82) is 0 Å². The Morgan fingerprint density at radius 2 is 1.92 bits per heavy atom. The molecule has 1 heterocycles. The largest absolute Gasteiger partial charge is 0.497 e. The van der Waals surface area contributed by atoms with Crippen LogP contribution in [0, 0.1) is 0 Å². The topological polar surface area (TPSA) is 60.0 Å². The first-order valence-corrected chi connectivity index (χ1v) is 8.68. The van der Waals surface area contributed by atoms with Gasteiger partial charge in [-0.05, 0) is 49.9 Å². The summed E-state index contributed by atoms with van der Waals surface area (Å²) in [4.78, 5) is 14.1. The fourth-order valence-electron chi connectivity index (χ4n) is 2.76. The number of fused-ring (bicyclic) bond motifs is 1. The average molecular weight is 356 g/mol. The maximum Gasteiger partial charge on any atom is 0.224 e. The minimum atomic E-state index is -0.144. The van der Waals surface area contributed by atoms with Crippen molar-refractivity contribution < 1.29 is 19.0 Å². The Balaban J connectivity index is 1.40. The van der Waals surface area contributed by atoms with Crippen molar-refractivity contribution in [2.45, 2.75) is 19.1 Å². The van der Waals surface area contributed by atoms with Gasteiger partial charge in [-0.1, -0.05) is 12.1 Å². The van der Waals surface area contributed by atoms with Crippen LogP contribution in [0.5, 0.6) is 17.2 Å². The van der Waals surface area contributed by atoms with E-state index in [-0.39, 0.29) is 12.1 Å². The normalized spacial score (nSPS) is 15.6. The number of carbonyl (C=O) groups excluding carboxylic acids is 1. The van der Waals surface area contributed by atoms with Crippen molar-refractivity contribution in [3.63, 3.8) is 0 Å².